The molecular weight excluding hydrogens is 372 g/mol. The zero-order valence-electron chi connectivity index (χ0n) is 17.7. The number of aryl methyl sites for hydroxylation is 1. The molecule has 1 N–H and O–H groups in total. The van der Waals surface area contributed by atoms with Gasteiger partial charge in [0.15, 0.2) is 0 Å². The van der Waals surface area contributed by atoms with E-state index in [4.69, 9.17) is 5.10 Å². The number of fused-ring (bicyclic) bond motifs is 1. The number of benzene rings is 1. The van der Waals surface area contributed by atoms with Crippen LogP contribution in [-0.4, -0.2) is 45.9 Å². The summed E-state index contributed by atoms with van der Waals surface area (Å²) in [6, 6.07) is 7.13. The molecule has 0 spiro atoms. The molecule has 1 aromatic carbocycles. The van der Waals surface area contributed by atoms with Crippen LogP contribution >= 0.6 is 0 Å². The molecule has 5 rings (SSSR count). The van der Waals surface area contributed by atoms with Gasteiger partial charge in [0.05, 0.1) is 11.6 Å². The van der Waals surface area contributed by atoms with Gasteiger partial charge in [0, 0.05) is 43.6 Å². The Labute approximate surface area is 178 Å². The highest BCUT2D eigenvalue weighted by molar-refractivity contribution is 5.83. The predicted molar refractivity (Wildman–Crippen MR) is 122 cm³/mol. The summed E-state index contributed by atoms with van der Waals surface area (Å²) >= 11 is 0. The van der Waals surface area contributed by atoms with Crippen molar-refractivity contribution < 1.29 is 0 Å². The third-order valence-electron chi connectivity index (χ3n) is 6.31. The minimum atomic E-state index is 0.439. The van der Waals surface area contributed by atoms with Gasteiger partial charge in [-0.25, -0.2) is 9.97 Å². The quantitative estimate of drug-likeness (QED) is 0.699. The molecule has 0 amide bonds. The molecule has 4 heterocycles. The van der Waals surface area contributed by atoms with Crippen molar-refractivity contribution >= 4 is 22.4 Å². The number of aromatic nitrogens is 4. The third kappa shape index (κ3) is 3.97. The molecule has 1 fully saturated rings. The first kappa shape index (κ1) is 19.2. The first-order valence-corrected chi connectivity index (χ1v) is 11.2. The number of nitrogens with zero attached hydrogens (tertiary/aromatic N) is 5. The molecule has 3 aromatic rings. The van der Waals surface area contributed by atoms with E-state index in [0.29, 0.717) is 6.04 Å². The summed E-state index contributed by atoms with van der Waals surface area (Å²) in [5.74, 6) is 0.860. The number of piperidine rings is 1. The van der Waals surface area contributed by atoms with Gasteiger partial charge in [0.2, 0.25) is 5.95 Å². The maximum atomic E-state index is 4.89. The number of anilines is 1. The average Bonchev–Trinajstić information content (AvgIpc) is 3.24. The highest BCUT2D eigenvalue weighted by Gasteiger charge is 2.23. The number of hydrogen-bond donors (Lipinski definition) is 1. The minimum absolute atomic E-state index is 0.439. The Morgan fingerprint density at radius 1 is 1.13 bits per heavy atom. The normalized spacial score (nSPS) is 18.0. The van der Waals surface area contributed by atoms with Gasteiger partial charge >= 0.3 is 0 Å². The Kier molecular flexibility index (Phi) is 5.49. The molecule has 0 radical (unpaired) electrons. The van der Waals surface area contributed by atoms with E-state index >= 15 is 0 Å². The van der Waals surface area contributed by atoms with Crippen LogP contribution in [0.1, 0.15) is 49.8 Å². The predicted octanol–water partition coefficient (Wildman–Crippen LogP) is 4.00. The molecule has 2 aliphatic heterocycles. The Morgan fingerprint density at radius 2 is 1.97 bits per heavy atom. The maximum absolute atomic E-state index is 4.89. The zero-order valence-corrected chi connectivity index (χ0v) is 17.7. The summed E-state index contributed by atoms with van der Waals surface area (Å²) in [7, 11) is 0. The van der Waals surface area contributed by atoms with Crippen molar-refractivity contribution in [2.75, 3.05) is 31.1 Å². The smallest absolute Gasteiger partial charge is 0.225 e. The van der Waals surface area contributed by atoms with Gasteiger partial charge in [-0.15, -0.1) is 0 Å². The summed E-state index contributed by atoms with van der Waals surface area (Å²) in [6.07, 6.45) is 13.9. The van der Waals surface area contributed by atoms with Crippen LogP contribution in [0.4, 0.5) is 5.95 Å². The van der Waals surface area contributed by atoms with Crippen LogP contribution in [0.2, 0.25) is 0 Å². The van der Waals surface area contributed by atoms with Crippen molar-refractivity contribution in [1.82, 2.24) is 25.1 Å². The molecule has 0 bridgehead atoms. The number of nitrogens with one attached hydrogen (secondary N) is 1. The van der Waals surface area contributed by atoms with Gasteiger partial charge in [-0.1, -0.05) is 25.5 Å². The van der Waals surface area contributed by atoms with E-state index in [2.05, 4.69) is 62.3 Å². The second-order valence-electron chi connectivity index (χ2n) is 8.43. The molecule has 2 aromatic heterocycles. The van der Waals surface area contributed by atoms with Crippen LogP contribution in [0.15, 0.2) is 42.9 Å². The fourth-order valence-corrected chi connectivity index (χ4v) is 4.58. The Balaban J connectivity index is 1.27. The van der Waals surface area contributed by atoms with E-state index in [-0.39, 0.29) is 0 Å². The van der Waals surface area contributed by atoms with E-state index in [1.807, 2.05) is 12.4 Å². The molecule has 1 saturated heterocycles. The van der Waals surface area contributed by atoms with E-state index in [9.17, 15) is 0 Å². The summed E-state index contributed by atoms with van der Waals surface area (Å²) in [5.41, 5.74) is 5.09. The van der Waals surface area contributed by atoms with Gasteiger partial charge in [-0.2, -0.15) is 5.10 Å². The second kappa shape index (κ2) is 8.56. The number of hydrogen-bond acceptors (Lipinski definition) is 5. The lowest BCUT2D eigenvalue weighted by molar-refractivity contribution is 0.367. The standard InChI is InChI=1S/C24H30N6/c1-2-3-18-15-26-24(27-16-18)29-12-8-22(9-13-29)30-17-21-14-20(4-5-23(21)28-30)19-6-10-25-11-7-19/h4-6,14-17,22,25H,2-3,7-13H2,1H3. The molecule has 0 unspecified atom stereocenters. The fraction of sp³-hybridized carbons (Fsp3) is 0.458. The van der Waals surface area contributed by atoms with Crippen molar-refractivity contribution in [3.63, 3.8) is 0 Å². The topological polar surface area (TPSA) is 58.9 Å². The van der Waals surface area contributed by atoms with Crippen LogP contribution in [0, 0.1) is 0 Å². The lowest BCUT2D eigenvalue weighted by Crippen LogP contribution is -2.35. The highest BCUT2D eigenvalue weighted by Crippen LogP contribution is 2.28. The van der Waals surface area contributed by atoms with E-state index < -0.39 is 0 Å². The molecule has 0 aliphatic carbocycles. The Hall–Kier alpha value is -2.73. The fourth-order valence-electron chi connectivity index (χ4n) is 4.58. The first-order valence-electron chi connectivity index (χ1n) is 11.2. The maximum Gasteiger partial charge on any atom is 0.225 e. The van der Waals surface area contributed by atoms with E-state index in [0.717, 1.165) is 69.7 Å². The SMILES string of the molecule is CCCc1cnc(N2CCC(n3cc4cc(C5=CCNCC5)ccc4n3)CC2)nc1. The second-order valence-corrected chi connectivity index (χ2v) is 8.43. The van der Waals surface area contributed by atoms with Crippen molar-refractivity contribution in [3.8, 4) is 0 Å². The molecule has 0 atom stereocenters. The molecule has 6 heteroatoms. The van der Waals surface area contributed by atoms with Crippen molar-refractivity contribution in [3.05, 3.63) is 54.0 Å². The van der Waals surface area contributed by atoms with Gasteiger partial charge in [-0.05, 0) is 61.1 Å². The van der Waals surface area contributed by atoms with Crippen molar-refractivity contribution in [1.29, 1.82) is 0 Å². The molecule has 2 aliphatic rings. The largest absolute Gasteiger partial charge is 0.341 e. The monoisotopic (exact) mass is 402 g/mol. The number of rotatable bonds is 5. The Morgan fingerprint density at radius 3 is 2.70 bits per heavy atom. The minimum Gasteiger partial charge on any atom is -0.341 e. The van der Waals surface area contributed by atoms with Crippen LogP contribution in [0.5, 0.6) is 0 Å². The van der Waals surface area contributed by atoms with E-state index in [1.54, 1.807) is 0 Å². The summed E-state index contributed by atoms with van der Waals surface area (Å²) in [4.78, 5) is 11.5. The van der Waals surface area contributed by atoms with Gasteiger partial charge in [-0.3, -0.25) is 4.68 Å². The average molecular weight is 403 g/mol. The first-order chi connectivity index (χ1) is 14.8. The highest BCUT2D eigenvalue weighted by atomic mass is 15.3. The van der Waals surface area contributed by atoms with Gasteiger partial charge in [0.25, 0.3) is 0 Å². The van der Waals surface area contributed by atoms with E-state index in [1.165, 1.54) is 22.1 Å². The van der Waals surface area contributed by atoms with Crippen molar-refractivity contribution in [2.24, 2.45) is 0 Å². The zero-order chi connectivity index (χ0) is 20.3. The summed E-state index contributed by atoms with van der Waals surface area (Å²) in [5, 5.41) is 9.51. The van der Waals surface area contributed by atoms with Crippen LogP contribution in [0.3, 0.4) is 0 Å². The molecule has 156 valence electrons. The van der Waals surface area contributed by atoms with Crippen LogP contribution < -0.4 is 10.2 Å². The third-order valence-corrected chi connectivity index (χ3v) is 6.31. The summed E-state index contributed by atoms with van der Waals surface area (Å²) < 4.78 is 2.19. The van der Waals surface area contributed by atoms with Gasteiger partial charge < -0.3 is 10.2 Å². The molecule has 0 saturated carbocycles. The Bertz CT molecular complexity index is 1030. The van der Waals surface area contributed by atoms with Crippen LogP contribution in [0.25, 0.3) is 16.5 Å². The van der Waals surface area contributed by atoms with Gasteiger partial charge in [0.1, 0.15) is 0 Å². The van der Waals surface area contributed by atoms with Crippen LogP contribution in [-0.2, 0) is 6.42 Å². The molecule has 30 heavy (non-hydrogen) atoms. The molecule has 6 nitrogen and oxygen atoms in total. The lowest BCUT2D eigenvalue weighted by atomic mass is 9.99. The van der Waals surface area contributed by atoms with Crippen molar-refractivity contribution in [2.45, 2.75) is 45.1 Å². The lowest BCUT2D eigenvalue weighted by Gasteiger charge is -2.32. The summed E-state index contributed by atoms with van der Waals surface area (Å²) in [6.45, 7) is 6.16. The molecular formula is C24H30N6.